The van der Waals surface area contributed by atoms with E-state index in [1.54, 1.807) is 0 Å². The van der Waals surface area contributed by atoms with Gasteiger partial charge in [0.05, 0.1) is 0 Å². The third-order valence-electron chi connectivity index (χ3n) is 4.58. The Kier molecular flexibility index (Phi) is 2.93. The van der Waals surface area contributed by atoms with E-state index >= 15 is 0 Å². The molecule has 2 heteroatoms. The molecule has 2 fully saturated rings. The van der Waals surface area contributed by atoms with Crippen LogP contribution >= 0.6 is 0 Å². The first-order valence-electron chi connectivity index (χ1n) is 6.79. The summed E-state index contributed by atoms with van der Waals surface area (Å²) in [5.74, 6) is 0.807. The van der Waals surface area contributed by atoms with Crippen molar-refractivity contribution in [1.82, 2.24) is 4.90 Å². The number of nitrogens with zero attached hydrogens (tertiary/aromatic N) is 1. The summed E-state index contributed by atoms with van der Waals surface area (Å²) in [6.45, 7) is 4.52. The average Bonchev–Trinajstić information content (AvgIpc) is 3.03. The second-order valence-corrected chi connectivity index (χ2v) is 5.80. The fourth-order valence-electron chi connectivity index (χ4n) is 3.50. The van der Waals surface area contributed by atoms with Gasteiger partial charge in [-0.05, 0) is 49.2 Å². The van der Waals surface area contributed by atoms with E-state index in [1.807, 2.05) is 0 Å². The fourth-order valence-corrected chi connectivity index (χ4v) is 3.50. The Morgan fingerprint density at radius 3 is 2.82 bits per heavy atom. The quantitative estimate of drug-likeness (QED) is 0.863. The van der Waals surface area contributed by atoms with Gasteiger partial charge < -0.3 is 5.73 Å². The van der Waals surface area contributed by atoms with Crippen LogP contribution in [0.25, 0.3) is 0 Å². The molecule has 2 nitrogen and oxygen atoms in total. The van der Waals surface area contributed by atoms with Crippen LogP contribution in [-0.2, 0) is 6.54 Å². The Morgan fingerprint density at radius 1 is 1.29 bits per heavy atom. The van der Waals surface area contributed by atoms with Crippen LogP contribution in [0, 0.1) is 11.3 Å². The molecular weight excluding hydrogens is 208 g/mol. The summed E-state index contributed by atoms with van der Waals surface area (Å²) in [4.78, 5) is 2.62. The number of hydrogen-bond acceptors (Lipinski definition) is 2. The molecule has 2 atom stereocenters. The van der Waals surface area contributed by atoms with Gasteiger partial charge >= 0.3 is 0 Å². The first-order chi connectivity index (χ1) is 8.32. The molecule has 0 unspecified atom stereocenters. The predicted molar refractivity (Wildman–Crippen MR) is 70.5 cm³/mol. The third kappa shape index (κ3) is 2.24. The van der Waals surface area contributed by atoms with Crippen LogP contribution < -0.4 is 5.73 Å². The molecule has 92 valence electrons. The highest BCUT2D eigenvalue weighted by Crippen LogP contribution is 2.57. The van der Waals surface area contributed by atoms with Crippen LogP contribution in [0.2, 0.25) is 0 Å². The zero-order valence-electron chi connectivity index (χ0n) is 10.4. The minimum atomic E-state index is 0.599. The lowest BCUT2D eigenvalue weighted by Crippen LogP contribution is -2.37. The SMILES string of the molecule is NC[C@H]1C[C@@]12CCCN(Cc1ccccc1)C2. The smallest absolute Gasteiger partial charge is 0.0233 e. The lowest BCUT2D eigenvalue weighted by molar-refractivity contribution is 0.144. The number of nitrogens with two attached hydrogens (primary N) is 1. The molecular formula is C15H22N2. The summed E-state index contributed by atoms with van der Waals surface area (Å²) in [5.41, 5.74) is 7.86. The first-order valence-corrected chi connectivity index (χ1v) is 6.79. The lowest BCUT2D eigenvalue weighted by Gasteiger charge is -2.33. The van der Waals surface area contributed by atoms with Crippen LogP contribution in [-0.4, -0.2) is 24.5 Å². The second-order valence-electron chi connectivity index (χ2n) is 5.80. The molecule has 0 radical (unpaired) electrons. The van der Waals surface area contributed by atoms with E-state index in [4.69, 9.17) is 5.73 Å². The van der Waals surface area contributed by atoms with Crippen molar-refractivity contribution in [1.29, 1.82) is 0 Å². The Hall–Kier alpha value is -0.860. The molecule has 1 aliphatic heterocycles. The molecule has 1 spiro atoms. The Balaban J connectivity index is 1.62. The van der Waals surface area contributed by atoms with Gasteiger partial charge in [-0.25, -0.2) is 0 Å². The molecule has 1 aromatic carbocycles. The predicted octanol–water partition coefficient (Wildman–Crippen LogP) is 2.25. The van der Waals surface area contributed by atoms with Gasteiger partial charge in [-0.3, -0.25) is 4.90 Å². The molecule has 0 bridgehead atoms. The van der Waals surface area contributed by atoms with E-state index in [1.165, 1.54) is 37.9 Å². The maximum atomic E-state index is 5.82. The fraction of sp³-hybridized carbons (Fsp3) is 0.600. The molecule has 17 heavy (non-hydrogen) atoms. The van der Waals surface area contributed by atoms with Crippen LogP contribution in [0.5, 0.6) is 0 Å². The summed E-state index contributed by atoms with van der Waals surface area (Å²) >= 11 is 0. The number of benzene rings is 1. The van der Waals surface area contributed by atoms with E-state index in [-0.39, 0.29) is 0 Å². The minimum Gasteiger partial charge on any atom is -0.330 e. The van der Waals surface area contributed by atoms with Gasteiger partial charge in [0.2, 0.25) is 0 Å². The molecule has 3 rings (SSSR count). The van der Waals surface area contributed by atoms with Crippen molar-refractivity contribution in [2.45, 2.75) is 25.8 Å². The van der Waals surface area contributed by atoms with Gasteiger partial charge in [0.25, 0.3) is 0 Å². The highest BCUT2D eigenvalue weighted by Gasteiger charge is 2.54. The van der Waals surface area contributed by atoms with Crippen molar-refractivity contribution in [2.75, 3.05) is 19.6 Å². The maximum Gasteiger partial charge on any atom is 0.0233 e. The van der Waals surface area contributed by atoms with E-state index in [2.05, 4.69) is 35.2 Å². The van der Waals surface area contributed by atoms with E-state index in [0.717, 1.165) is 19.0 Å². The molecule has 1 aromatic rings. The molecule has 1 saturated carbocycles. The van der Waals surface area contributed by atoms with Gasteiger partial charge in [0, 0.05) is 13.1 Å². The number of hydrogen-bond donors (Lipinski definition) is 1. The van der Waals surface area contributed by atoms with E-state index in [9.17, 15) is 0 Å². The molecule has 1 saturated heterocycles. The molecule has 2 aliphatic rings. The summed E-state index contributed by atoms with van der Waals surface area (Å²) in [5, 5.41) is 0. The number of likely N-dealkylation sites (tertiary alicyclic amines) is 1. The van der Waals surface area contributed by atoms with Gasteiger partial charge in [0.1, 0.15) is 0 Å². The maximum absolute atomic E-state index is 5.82. The summed E-state index contributed by atoms with van der Waals surface area (Å²) in [6, 6.07) is 10.8. The number of rotatable bonds is 3. The van der Waals surface area contributed by atoms with E-state index in [0.29, 0.717) is 5.41 Å². The van der Waals surface area contributed by atoms with Crippen LogP contribution in [0.4, 0.5) is 0 Å². The van der Waals surface area contributed by atoms with Crippen molar-refractivity contribution >= 4 is 0 Å². The summed E-state index contributed by atoms with van der Waals surface area (Å²) in [7, 11) is 0. The van der Waals surface area contributed by atoms with Crippen molar-refractivity contribution in [3.63, 3.8) is 0 Å². The topological polar surface area (TPSA) is 29.3 Å². The zero-order chi connectivity index (χ0) is 11.7. The zero-order valence-corrected chi connectivity index (χ0v) is 10.4. The highest BCUT2D eigenvalue weighted by atomic mass is 15.1. The summed E-state index contributed by atoms with van der Waals surface area (Å²) in [6.07, 6.45) is 4.12. The van der Waals surface area contributed by atoms with Crippen LogP contribution in [0.3, 0.4) is 0 Å². The lowest BCUT2D eigenvalue weighted by atomic mass is 9.92. The minimum absolute atomic E-state index is 0.599. The monoisotopic (exact) mass is 230 g/mol. The molecule has 1 heterocycles. The highest BCUT2D eigenvalue weighted by molar-refractivity contribution is 5.15. The second kappa shape index (κ2) is 4.43. The first kappa shape index (κ1) is 11.2. The standard InChI is InChI=1S/C15H22N2/c16-10-14-9-15(14)7-4-8-17(12-15)11-13-5-2-1-3-6-13/h1-3,5-6,14H,4,7-12,16H2/t14-,15-/m1/s1. The van der Waals surface area contributed by atoms with Crippen LogP contribution in [0.1, 0.15) is 24.8 Å². The van der Waals surface area contributed by atoms with Crippen molar-refractivity contribution in [3.8, 4) is 0 Å². The van der Waals surface area contributed by atoms with Gasteiger partial charge in [0.15, 0.2) is 0 Å². The Bertz CT molecular complexity index is 376. The van der Waals surface area contributed by atoms with Gasteiger partial charge in [-0.15, -0.1) is 0 Å². The molecule has 0 aromatic heterocycles. The third-order valence-corrected chi connectivity index (χ3v) is 4.58. The Morgan fingerprint density at radius 2 is 2.12 bits per heavy atom. The van der Waals surface area contributed by atoms with Gasteiger partial charge in [-0.1, -0.05) is 30.3 Å². The molecule has 0 amide bonds. The van der Waals surface area contributed by atoms with Crippen molar-refractivity contribution < 1.29 is 0 Å². The largest absolute Gasteiger partial charge is 0.330 e. The number of piperidine rings is 1. The average molecular weight is 230 g/mol. The van der Waals surface area contributed by atoms with E-state index < -0.39 is 0 Å². The van der Waals surface area contributed by atoms with Crippen molar-refractivity contribution in [3.05, 3.63) is 35.9 Å². The summed E-state index contributed by atoms with van der Waals surface area (Å²) < 4.78 is 0. The molecule has 2 N–H and O–H groups in total. The molecule has 1 aliphatic carbocycles. The normalized spacial score (nSPS) is 32.9. The van der Waals surface area contributed by atoms with Crippen molar-refractivity contribution in [2.24, 2.45) is 17.1 Å². The van der Waals surface area contributed by atoms with Crippen LogP contribution in [0.15, 0.2) is 30.3 Å². The Labute approximate surface area is 104 Å². The van der Waals surface area contributed by atoms with Gasteiger partial charge in [-0.2, -0.15) is 0 Å².